The fourth-order valence-corrected chi connectivity index (χ4v) is 1.18. The average Bonchev–Trinajstić information content (AvgIpc) is 2.21. The summed E-state index contributed by atoms with van der Waals surface area (Å²) < 4.78 is 12.6. The van der Waals surface area contributed by atoms with Crippen LogP contribution in [0.4, 0.5) is 4.39 Å². The Bertz CT molecular complexity index is 313. The van der Waals surface area contributed by atoms with Crippen LogP contribution in [-0.2, 0) is 0 Å². The van der Waals surface area contributed by atoms with E-state index in [9.17, 15) is 4.39 Å². The molecular weight excluding hydrogens is 179 g/mol. The lowest BCUT2D eigenvalue weighted by molar-refractivity contribution is 0.610. The fraction of sp³-hybridized carbons (Fsp3) is 0.364. The van der Waals surface area contributed by atoms with Gasteiger partial charge in [0.05, 0.1) is 6.07 Å². The Morgan fingerprint density at radius 3 is 2.57 bits per heavy atom. The fourth-order valence-electron chi connectivity index (χ4n) is 1.18. The van der Waals surface area contributed by atoms with Crippen LogP contribution in [-0.4, -0.2) is 6.54 Å². The molecule has 2 nitrogen and oxygen atoms in total. The van der Waals surface area contributed by atoms with Crippen LogP contribution in [0, 0.1) is 17.1 Å². The van der Waals surface area contributed by atoms with Crippen molar-refractivity contribution in [2.45, 2.75) is 19.4 Å². The molecule has 1 rings (SSSR count). The van der Waals surface area contributed by atoms with Gasteiger partial charge in [0, 0.05) is 0 Å². The molecular formula is C11H13FN2. The molecule has 0 unspecified atom stereocenters. The maximum Gasteiger partial charge on any atom is 0.123 e. The number of rotatable bonds is 4. The minimum absolute atomic E-state index is 0.277. The standard InChI is InChI=1S/C11H13FN2/c1-2-7-14-11(8-13)9-3-5-10(12)6-4-9/h3-6,11,14H,2,7H2,1H3/t11-/m1/s1. The van der Waals surface area contributed by atoms with Crippen LogP contribution < -0.4 is 5.32 Å². The van der Waals surface area contributed by atoms with E-state index in [1.165, 1.54) is 12.1 Å². The van der Waals surface area contributed by atoms with Crippen molar-refractivity contribution < 1.29 is 4.39 Å². The van der Waals surface area contributed by atoms with Gasteiger partial charge in [0.1, 0.15) is 11.9 Å². The molecule has 0 bridgehead atoms. The maximum absolute atomic E-state index is 12.6. The molecule has 3 heteroatoms. The first-order valence-electron chi connectivity index (χ1n) is 4.66. The number of nitriles is 1. The van der Waals surface area contributed by atoms with Crippen molar-refractivity contribution in [2.24, 2.45) is 0 Å². The van der Waals surface area contributed by atoms with Crippen LogP contribution in [0.25, 0.3) is 0 Å². The Labute approximate surface area is 83.4 Å². The zero-order valence-corrected chi connectivity index (χ0v) is 8.13. The van der Waals surface area contributed by atoms with E-state index in [-0.39, 0.29) is 11.9 Å². The second-order valence-corrected chi connectivity index (χ2v) is 3.07. The van der Waals surface area contributed by atoms with Crippen molar-refractivity contribution in [1.29, 1.82) is 5.26 Å². The highest BCUT2D eigenvalue weighted by molar-refractivity contribution is 5.24. The Kier molecular flexibility index (Phi) is 4.09. The molecule has 74 valence electrons. The van der Waals surface area contributed by atoms with E-state index in [1.54, 1.807) is 12.1 Å². The monoisotopic (exact) mass is 192 g/mol. The van der Waals surface area contributed by atoms with Crippen molar-refractivity contribution in [3.63, 3.8) is 0 Å². The van der Waals surface area contributed by atoms with E-state index in [1.807, 2.05) is 6.92 Å². The molecule has 0 aromatic heterocycles. The molecule has 0 saturated carbocycles. The van der Waals surface area contributed by atoms with Crippen LogP contribution in [0.2, 0.25) is 0 Å². The van der Waals surface area contributed by atoms with Crippen molar-refractivity contribution in [1.82, 2.24) is 5.32 Å². The summed E-state index contributed by atoms with van der Waals surface area (Å²) in [5, 5.41) is 11.9. The van der Waals surface area contributed by atoms with Gasteiger partial charge in [-0.2, -0.15) is 5.26 Å². The normalized spacial score (nSPS) is 12.1. The van der Waals surface area contributed by atoms with Gasteiger partial charge in [-0.15, -0.1) is 0 Å². The second kappa shape index (κ2) is 5.36. The molecule has 1 atom stereocenters. The Balaban J connectivity index is 2.70. The number of nitrogens with one attached hydrogen (secondary N) is 1. The summed E-state index contributed by atoms with van der Waals surface area (Å²) in [6.07, 6.45) is 0.972. The van der Waals surface area contributed by atoms with Crippen LogP contribution in [0.1, 0.15) is 24.9 Å². The van der Waals surface area contributed by atoms with Crippen LogP contribution in [0.3, 0.4) is 0 Å². The van der Waals surface area contributed by atoms with Gasteiger partial charge in [-0.1, -0.05) is 19.1 Å². The van der Waals surface area contributed by atoms with Crippen molar-refractivity contribution >= 4 is 0 Å². The molecule has 0 aliphatic carbocycles. The van der Waals surface area contributed by atoms with Gasteiger partial charge >= 0.3 is 0 Å². The van der Waals surface area contributed by atoms with Crippen molar-refractivity contribution in [3.05, 3.63) is 35.6 Å². The summed E-state index contributed by atoms with van der Waals surface area (Å²) in [4.78, 5) is 0. The van der Waals surface area contributed by atoms with Crippen LogP contribution in [0.5, 0.6) is 0 Å². The molecule has 0 aliphatic heterocycles. The highest BCUT2D eigenvalue weighted by atomic mass is 19.1. The molecule has 0 spiro atoms. The first kappa shape index (κ1) is 10.7. The summed E-state index contributed by atoms with van der Waals surface area (Å²) in [7, 11) is 0. The third kappa shape index (κ3) is 2.82. The number of benzene rings is 1. The van der Waals surface area contributed by atoms with E-state index in [2.05, 4.69) is 11.4 Å². The SMILES string of the molecule is CCCN[C@H](C#N)c1ccc(F)cc1. The molecule has 0 heterocycles. The average molecular weight is 192 g/mol. The molecule has 0 fully saturated rings. The van der Waals surface area contributed by atoms with Crippen LogP contribution >= 0.6 is 0 Å². The molecule has 1 aromatic carbocycles. The van der Waals surface area contributed by atoms with E-state index in [4.69, 9.17) is 5.26 Å². The van der Waals surface area contributed by atoms with Gasteiger partial charge in [-0.05, 0) is 30.7 Å². The van der Waals surface area contributed by atoms with E-state index < -0.39 is 0 Å². The third-order valence-electron chi connectivity index (χ3n) is 1.93. The van der Waals surface area contributed by atoms with Crippen LogP contribution in [0.15, 0.2) is 24.3 Å². The number of halogens is 1. The number of nitrogens with zero attached hydrogens (tertiary/aromatic N) is 1. The summed E-state index contributed by atoms with van der Waals surface area (Å²) in [6.45, 7) is 2.82. The van der Waals surface area contributed by atoms with Gasteiger partial charge in [0.25, 0.3) is 0 Å². The molecule has 0 saturated heterocycles. The van der Waals surface area contributed by atoms with Gasteiger partial charge < -0.3 is 0 Å². The Morgan fingerprint density at radius 2 is 2.07 bits per heavy atom. The Morgan fingerprint density at radius 1 is 1.43 bits per heavy atom. The predicted octanol–water partition coefficient (Wildman–Crippen LogP) is 2.39. The molecule has 0 radical (unpaired) electrons. The van der Waals surface area contributed by atoms with E-state index in [0.29, 0.717) is 0 Å². The number of hydrogen-bond donors (Lipinski definition) is 1. The summed E-state index contributed by atoms with van der Waals surface area (Å²) in [6, 6.07) is 7.80. The largest absolute Gasteiger partial charge is 0.298 e. The van der Waals surface area contributed by atoms with Gasteiger partial charge in [0.15, 0.2) is 0 Å². The quantitative estimate of drug-likeness (QED) is 0.795. The maximum atomic E-state index is 12.6. The first-order chi connectivity index (χ1) is 6.77. The minimum atomic E-state index is -0.337. The lowest BCUT2D eigenvalue weighted by atomic mass is 10.1. The summed E-state index contributed by atoms with van der Waals surface area (Å²) >= 11 is 0. The zero-order chi connectivity index (χ0) is 10.4. The summed E-state index contributed by atoms with van der Waals surface area (Å²) in [5.41, 5.74) is 0.808. The van der Waals surface area contributed by atoms with Crippen molar-refractivity contribution in [2.75, 3.05) is 6.54 Å². The lowest BCUT2D eigenvalue weighted by Gasteiger charge is -2.10. The lowest BCUT2D eigenvalue weighted by Crippen LogP contribution is -2.20. The highest BCUT2D eigenvalue weighted by Crippen LogP contribution is 2.12. The predicted molar refractivity (Wildman–Crippen MR) is 53.0 cm³/mol. The van der Waals surface area contributed by atoms with Gasteiger partial charge in [-0.25, -0.2) is 4.39 Å². The molecule has 14 heavy (non-hydrogen) atoms. The van der Waals surface area contributed by atoms with Gasteiger partial charge in [-0.3, -0.25) is 5.32 Å². The topological polar surface area (TPSA) is 35.8 Å². The first-order valence-corrected chi connectivity index (χ1v) is 4.66. The zero-order valence-electron chi connectivity index (χ0n) is 8.13. The highest BCUT2D eigenvalue weighted by Gasteiger charge is 2.08. The summed E-state index contributed by atoms with van der Waals surface area (Å²) in [5.74, 6) is -0.277. The molecule has 1 aromatic rings. The minimum Gasteiger partial charge on any atom is -0.298 e. The van der Waals surface area contributed by atoms with E-state index in [0.717, 1.165) is 18.5 Å². The van der Waals surface area contributed by atoms with E-state index >= 15 is 0 Å². The van der Waals surface area contributed by atoms with Crippen molar-refractivity contribution in [3.8, 4) is 6.07 Å². The molecule has 0 aliphatic rings. The number of hydrogen-bond acceptors (Lipinski definition) is 2. The smallest absolute Gasteiger partial charge is 0.123 e. The second-order valence-electron chi connectivity index (χ2n) is 3.07. The Hall–Kier alpha value is -1.40. The third-order valence-corrected chi connectivity index (χ3v) is 1.93. The molecule has 0 amide bonds. The van der Waals surface area contributed by atoms with Gasteiger partial charge in [0.2, 0.25) is 0 Å². The molecule has 1 N–H and O–H groups in total.